The molecule has 0 aliphatic rings. The Morgan fingerprint density at radius 3 is 2.65 bits per heavy atom. The lowest BCUT2D eigenvalue weighted by molar-refractivity contribution is 0.417. The van der Waals surface area contributed by atoms with Gasteiger partial charge < -0.3 is 14.9 Å². The number of methoxy groups -OCH3 is 1. The predicted octanol–water partition coefficient (Wildman–Crippen LogP) is 3.06. The van der Waals surface area contributed by atoms with E-state index in [1.165, 1.54) is 0 Å². The fourth-order valence-corrected chi connectivity index (χ4v) is 1.58. The van der Waals surface area contributed by atoms with E-state index < -0.39 is 0 Å². The van der Waals surface area contributed by atoms with Gasteiger partial charge in [-0.25, -0.2) is 4.98 Å². The number of anilines is 1. The summed E-state index contributed by atoms with van der Waals surface area (Å²) in [6.45, 7) is 4.08. The zero-order valence-electron chi connectivity index (χ0n) is 10.2. The number of rotatable bonds is 3. The van der Waals surface area contributed by atoms with Crippen molar-refractivity contribution in [2.75, 3.05) is 12.8 Å². The molecule has 1 heterocycles. The molecule has 0 fully saturated rings. The first-order valence-electron chi connectivity index (χ1n) is 5.51. The van der Waals surface area contributed by atoms with E-state index in [9.17, 15) is 0 Å². The Morgan fingerprint density at radius 2 is 2.12 bits per heavy atom. The quantitative estimate of drug-likeness (QED) is 0.826. The van der Waals surface area contributed by atoms with Crippen LogP contribution in [0.25, 0.3) is 11.3 Å². The molecular weight excluding hydrogens is 216 g/mol. The van der Waals surface area contributed by atoms with Gasteiger partial charge in [0, 0.05) is 11.5 Å². The Morgan fingerprint density at radius 1 is 1.35 bits per heavy atom. The molecule has 17 heavy (non-hydrogen) atoms. The van der Waals surface area contributed by atoms with Gasteiger partial charge in [0.1, 0.15) is 17.7 Å². The Bertz CT molecular complexity index is 518. The number of oxazole rings is 1. The van der Waals surface area contributed by atoms with Gasteiger partial charge in [-0.2, -0.15) is 0 Å². The molecule has 0 unspecified atom stereocenters. The van der Waals surface area contributed by atoms with Crippen LogP contribution < -0.4 is 10.5 Å². The summed E-state index contributed by atoms with van der Waals surface area (Å²) >= 11 is 0. The minimum absolute atomic E-state index is 0.277. The normalized spacial score (nSPS) is 10.8. The van der Waals surface area contributed by atoms with Gasteiger partial charge in [-0.05, 0) is 18.2 Å². The fraction of sp³-hybridized carbons (Fsp3) is 0.308. The highest BCUT2D eigenvalue weighted by molar-refractivity contribution is 5.67. The van der Waals surface area contributed by atoms with Crippen molar-refractivity contribution >= 4 is 5.69 Å². The molecule has 2 rings (SSSR count). The van der Waals surface area contributed by atoms with E-state index in [1.54, 1.807) is 13.4 Å². The van der Waals surface area contributed by atoms with Gasteiger partial charge in [0.2, 0.25) is 0 Å². The molecule has 4 heteroatoms. The third-order valence-electron chi connectivity index (χ3n) is 2.54. The summed E-state index contributed by atoms with van der Waals surface area (Å²) < 4.78 is 10.5. The van der Waals surface area contributed by atoms with Gasteiger partial charge in [0.15, 0.2) is 5.89 Å². The molecule has 1 aromatic carbocycles. The van der Waals surface area contributed by atoms with E-state index in [0.717, 1.165) is 17.1 Å². The fourth-order valence-electron chi connectivity index (χ4n) is 1.58. The van der Waals surface area contributed by atoms with E-state index in [2.05, 4.69) is 4.98 Å². The van der Waals surface area contributed by atoms with Crippen molar-refractivity contribution in [3.8, 4) is 17.0 Å². The van der Waals surface area contributed by atoms with Crippen LogP contribution in [-0.2, 0) is 0 Å². The third-order valence-corrected chi connectivity index (χ3v) is 2.54. The Hall–Kier alpha value is -1.97. The van der Waals surface area contributed by atoms with Crippen molar-refractivity contribution in [3.05, 3.63) is 30.4 Å². The minimum Gasteiger partial charge on any atom is -0.495 e. The molecule has 0 saturated carbocycles. The summed E-state index contributed by atoms with van der Waals surface area (Å²) in [5.74, 6) is 1.68. The predicted molar refractivity (Wildman–Crippen MR) is 67.0 cm³/mol. The van der Waals surface area contributed by atoms with Crippen molar-refractivity contribution in [2.45, 2.75) is 19.8 Å². The van der Waals surface area contributed by atoms with E-state index in [-0.39, 0.29) is 5.92 Å². The van der Waals surface area contributed by atoms with Crippen molar-refractivity contribution in [2.24, 2.45) is 0 Å². The number of benzene rings is 1. The van der Waals surface area contributed by atoms with Crippen LogP contribution in [0.5, 0.6) is 5.75 Å². The average Bonchev–Trinajstić information content (AvgIpc) is 2.78. The number of aromatic nitrogens is 1. The molecule has 4 nitrogen and oxygen atoms in total. The van der Waals surface area contributed by atoms with E-state index in [4.69, 9.17) is 14.9 Å². The van der Waals surface area contributed by atoms with E-state index in [0.29, 0.717) is 11.4 Å². The van der Waals surface area contributed by atoms with Gasteiger partial charge in [-0.15, -0.1) is 0 Å². The minimum atomic E-state index is 0.277. The molecule has 0 radical (unpaired) electrons. The number of ether oxygens (including phenoxy) is 1. The smallest absolute Gasteiger partial charge is 0.197 e. The number of nitrogens with two attached hydrogens (primary N) is 1. The lowest BCUT2D eigenvalue weighted by atomic mass is 10.1. The summed E-state index contributed by atoms with van der Waals surface area (Å²) in [4.78, 5) is 4.41. The number of hydrogen-bond acceptors (Lipinski definition) is 4. The molecule has 1 aromatic heterocycles. The van der Waals surface area contributed by atoms with Crippen LogP contribution in [0, 0.1) is 0 Å². The lowest BCUT2D eigenvalue weighted by Crippen LogP contribution is -1.93. The zero-order chi connectivity index (χ0) is 12.4. The van der Waals surface area contributed by atoms with Crippen LogP contribution in [0.3, 0.4) is 0 Å². The van der Waals surface area contributed by atoms with Crippen molar-refractivity contribution in [3.63, 3.8) is 0 Å². The second-order valence-electron chi connectivity index (χ2n) is 4.18. The SMILES string of the molecule is COc1ccc(-c2coc(C(C)C)n2)cc1N. The van der Waals surface area contributed by atoms with Gasteiger partial charge in [0.25, 0.3) is 0 Å². The van der Waals surface area contributed by atoms with Crippen molar-refractivity contribution in [1.82, 2.24) is 4.98 Å². The number of hydrogen-bond donors (Lipinski definition) is 1. The highest BCUT2D eigenvalue weighted by Gasteiger charge is 2.10. The van der Waals surface area contributed by atoms with Crippen LogP contribution >= 0.6 is 0 Å². The van der Waals surface area contributed by atoms with Gasteiger partial charge in [-0.1, -0.05) is 13.8 Å². The first kappa shape index (κ1) is 11.5. The van der Waals surface area contributed by atoms with Crippen LogP contribution in [0.4, 0.5) is 5.69 Å². The summed E-state index contributed by atoms with van der Waals surface area (Å²) in [6.07, 6.45) is 1.65. The molecule has 90 valence electrons. The van der Waals surface area contributed by atoms with Crippen LogP contribution in [0.1, 0.15) is 25.7 Å². The summed E-state index contributed by atoms with van der Waals surface area (Å²) in [7, 11) is 1.60. The first-order chi connectivity index (χ1) is 8.11. The lowest BCUT2D eigenvalue weighted by Gasteiger charge is -2.05. The standard InChI is InChI=1S/C13H16N2O2/c1-8(2)13-15-11(7-17-13)9-4-5-12(16-3)10(14)6-9/h4-8H,14H2,1-3H3. The Kier molecular flexibility index (Phi) is 3.04. The first-order valence-corrected chi connectivity index (χ1v) is 5.51. The highest BCUT2D eigenvalue weighted by atomic mass is 16.5. The number of nitrogens with zero attached hydrogens (tertiary/aromatic N) is 1. The molecule has 0 bridgehead atoms. The topological polar surface area (TPSA) is 61.3 Å². The number of nitrogen functional groups attached to an aromatic ring is 1. The maximum atomic E-state index is 5.85. The van der Waals surface area contributed by atoms with E-state index in [1.807, 2.05) is 32.0 Å². The second kappa shape index (κ2) is 4.49. The summed E-state index contributed by atoms with van der Waals surface area (Å²) in [5.41, 5.74) is 8.17. The molecule has 0 amide bonds. The van der Waals surface area contributed by atoms with Crippen molar-refractivity contribution in [1.29, 1.82) is 0 Å². The molecule has 0 aliphatic heterocycles. The molecule has 0 spiro atoms. The summed E-state index contributed by atoms with van der Waals surface area (Å²) in [6, 6.07) is 5.58. The van der Waals surface area contributed by atoms with Gasteiger partial charge >= 0.3 is 0 Å². The van der Waals surface area contributed by atoms with Crippen molar-refractivity contribution < 1.29 is 9.15 Å². The van der Waals surface area contributed by atoms with E-state index >= 15 is 0 Å². The van der Waals surface area contributed by atoms with Crippen LogP contribution in [0.15, 0.2) is 28.9 Å². The van der Waals surface area contributed by atoms with Crippen LogP contribution in [-0.4, -0.2) is 12.1 Å². The second-order valence-corrected chi connectivity index (χ2v) is 4.18. The maximum absolute atomic E-state index is 5.85. The highest BCUT2D eigenvalue weighted by Crippen LogP contribution is 2.28. The molecule has 2 N–H and O–H groups in total. The van der Waals surface area contributed by atoms with Crippen LogP contribution in [0.2, 0.25) is 0 Å². The molecule has 2 aromatic rings. The Balaban J connectivity index is 2.36. The molecule has 0 saturated heterocycles. The van der Waals surface area contributed by atoms with Gasteiger partial charge in [-0.3, -0.25) is 0 Å². The maximum Gasteiger partial charge on any atom is 0.197 e. The zero-order valence-corrected chi connectivity index (χ0v) is 10.2. The summed E-state index contributed by atoms with van der Waals surface area (Å²) in [5, 5.41) is 0. The Labute approximate surface area is 100 Å². The third kappa shape index (κ3) is 2.25. The largest absolute Gasteiger partial charge is 0.495 e. The monoisotopic (exact) mass is 232 g/mol. The van der Waals surface area contributed by atoms with Gasteiger partial charge in [0.05, 0.1) is 12.8 Å². The molecular formula is C13H16N2O2. The molecule has 0 atom stereocenters. The molecule has 0 aliphatic carbocycles. The average molecular weight is 232 g/mol.